The van der Waals surface area contributed by atoms with Crippen LogP contribution in [0.15, 0.2) is 150 Å². The van der Waals surface area contributed by atoms with Crippen molar-refractivity contribution in [2.24, 2.45) is 0 Å². The summed E-state index contributed by atoms with van der Waals surface area (Å²) < 4.78 is 9.05. The van der Waals surface area contributed by atoms with Crippen LogP contribution in [0.1, 0.15) is 23.1 Å². The van der Waals surface area contributed by atoms with E-state index in [1.54, 1.807) is 0 Å². The molecule has 0 spiro atoms. The molecule has 0 radical (unpaired) electrons. The largest absolute Gasteiger partial charge is 0.456 e. The van der Waals surface area contributed by atoms with Gasteiger partial charge in [0, 0.05) is 47.6 Å². The molecule has 0 fully saturated rings. The molecule has 10 aromatic rings. The minimum absolute atomic E-state index is 0.615. The van der Waals surface area contributed by atoms with E-state index in [4.69, 9.17) is 19.4 Å². The molecule has 12 rings (SSSR count). The fourth-order valence-corrected chi connectivity index (χ4v) is 9.75. The van der Waals surface area contributed by atoms with Crippen molar-refractivity contribution in [2.75, 3.05) is 0 Å². The monoisotopic (exact) mass is 707 g/mol. The van der Waals surface area contributed by atoms with Gasteiger partial charge in [-0.05, 0) is 99.5 Å². The Balaban J connectivity index is 1.07. The van der Waals surface area contributed by atoms with Crippen molar-refractivity contribution in [1.82, 2.24) is 15.0 Å². The number of rotatable bonds is 4. The Morgan fingerprint density at radius 3 is 2.26 bits per heavy atom. The number of aromatic nitrogens is 3. The SMILES string of the molecule is C1=Cc2ccc3c(-c4ccc5oc6cccc(-c7nc(-c8ccccc8)nc(-c8ccc9sc%10ccccc%10c9c8)n7)c6c5c4)ccc4c3c2C(=CC4)C1. The van der Waals surface area contributed by atoms with Gasteiger partial charge in [-0.2, -0.15) is 0 Å². The second kappa shape index (κ2) is 11.4. The number of nitrogens with zero attached hydrogens (tertiary/aromatic N) is 3. The summed E-state index contributed by atoms with van der Waals surface area (Å²) in [5, 5.41) is 7.19. The van der Waals surface area contributed by atoms with Gasteiger partial charge in [0.05, 0.1) is 0 Å². The zero-order chi connectivity index (χ0) is 35.3. The van der Waals surface area contributed by atoms with Gasteiger partial charge < -0.3 is 4.42 Å². The lowest BCUT2D eigenvalue weighted by molar-refractivity contribution is 0.669. The number of fused-ring (bicyclic) bond motifs is 6. The Labute approximate surface area is 314 Å². The summed E-state index contributed by atoms with van der Waals surface area (Å²) in [5.74, 6) is 1.89. The minimum Gasteiger partial charge on any atom is -0.456 e. The Morgan fingerprint density at radius 1 is 0.500 bits per heavy atom. The molecule has 0 atom stereocenters. The Hall–Kier alpha value is -6.69. The Morgan fingerprint density at radius 2 is 1.31 bits per heavy atom. The molecule has 5 heteroatoms. The summed E-state index contributed by atoms with van der Waals surface area (Å²) in [5.41, 5.74) is 12.4. The van der Waals surface area contributed by atoms with Gasteiger partial charge in [-0.3, -0.25) is 0 Å². The molecule has 252 valence electrons. The topological polar surface area (TPSA) is 51.8 Å². The molecule has 3 heterocycles. The van der Waals surface area contributed by atoms with Crippen molar-refractivity contribution in [1.29, 1.82) is 0 Å². The molecule has 0 saturated carbocycles. The first-order valence-corrected chi connectivity index (χ1v) is 19.2. The highest BCUT2D eigenvalue weighted by atomic mass is 32.1. The maximum absolute atomic E-state index is 6.53. The summed E-state index contributed by atoms with van der Waals surface area (Å²) in [4.78, 5) is 15.5. The van der Waals surface area contributed by atoms with Gasteiger partial charge in [0.15, 0.2) is 17.5 Å². The summed E-state index contributed by atoms with van der Waals surface area (Å²) >= 11 is 1.81. The number of furan rings is 1. The standard InChI is InChI=1S/C49H29N3OS/c1-2-8-31(9-3-1)47-50-48(33-21-25-43-38(27-33)35-12-4-5-15-42(35)54-43)52-49(51-47)37-13-7-14-41-46(37)39-26-32(20-24-40(39)53-41)34-22-18-30-17-16-28-10-6-11-29-19-23-36(34)45(30)44(28)29/h1-9,11-16,18-27H,10,17H2. The molecular formula is C49H29N3OS. The van der Waals surface area contributed by atoms with E-state index >= 15 is 0 Å². The van der Waals surface area contributed by atoms with E-state index in [9.17, 15) is 0 Å². The van der Waals surface area contributed by atoms with E-state index in [1.165, 1.54) is 58.8 Å². The summed E-state index contributed by atoms with van der Waals surface area (Å²) in [6.07, 6.45) is 8.94. The van der Waals surface area contributed by atoms with Crippen LogP contribution in [0.4, 0.5) is 0 Å². The molecule has 0 N–H and O–H groups in total. The molecule has 54 heavy (non-hydrogen) atoms. The van der Waals surface area contributed by atoms with E-state index in [1.807, 2.05) is 41.7 Å². The first-order chi connectivity index (χ1) is 26.7. The number of allylic oxidation sites excluding steroid dienone is 3. The first-order valence-electron chi connectivity index (χ1n) is 18.4. The van der Waals surface area contributed by atoms with Crippen LogP contribution in [0, 0.1) is 0 Å². The zero-order valence-corrected chi connectivity index (χ0v) is 29.8. The van der Waals surface area contributed by atoms with Crippen LogP contribution < -0.4 is 0 Å². The summed E-state index contributed by atoms with van der Waals surface area (Å²) in [6, 6.07) is 47.3. The van der Waals surface area contributed by atoms with Crippen molar-refractivity contribution in [3.05, 3.63) is 162 Å². The number of benzene rings is 7. The highest BCUT2D eigenvalue weighted by molar-refractivity contribution is 7.25. The lowest BCUT2D eigenvalue weighted by Crippen LogP contribution is -2.03. The number of hydrogen-bond donors (Lipinski definition) is 0. The minimum atomic E-state index is 0.615. The van der Waals surface area contributed by atoms with Crippen molar-refractivity contribution in [2.45, 2.75) is 12.8 Å². The van der Waals surface area contributed by atoms with Crippen LogP contribution in [0.25, 0.3) is 110 Å². The third-order valence-electron chi connectivity index (χ3n) is 11.2. The van der Waals surface area contributed by atoms with Gasteiger partial charge >= 0.3 is 0 Å². The van der Waals surface area contributed by atoms with Crippen LogP contribution in [0.5, 0.6) is 0 Å². The lowest BCUT2D eigenvalue weighted by Gasteiger charge is -2.24. The maximum Gasteiger partial charge on any atom is 0.164 e. The Bertz CT molecular complexity index is 3280. The van der Waals surface area contributed by atoms with Crippen LogP contribution >= 0.6 is 11.3 Å². The molecule has 0 aliphatic heterocycles. The molecule has 0 bridgehead atoms. The van der Waals surface area contributed by atoms with Gasteiger partial charge in [-0.15, -0.1) is 11.3 Å². The number of thiophene rings is 1. The van der Waals surface area contributed by atoms with Crippen molar-refractivity contribution in [3.63, 3.8) is 0 Å². The summed E-state index contributed by atoms with van der Waals surface area (Å²) in [6.45, 7) is 0. The second-order valence-electron chi connectivity index (χ2n) is 14.2. The van der Waals surface area contributed by atoms with E-state index in [0.29, 0.717) is 17.5 Å². The highest BCUT2D eigenvalue weighted by Crippen LogP contribution is 2.45. The van der Waals surface area contributed by atoms with E-state index in [-0.39, 0.29) is 0 Å². The first kappa shape index (κ1) is 29.8. The van der Waals surface area contributed by atoms with Crippen LogP contribution in [-0.4, -0.2) is 15.0 Å². The van der Waals surface area contributed by atoms with E-state index < -0.39 is 0 Å². The third-order valence-corrected chi connectivity index (χ3v) is 12.3. The fraction of sp³-hybridized carbons (Fsp3) is 0.0408. The average molecular weight is 708 g/mol. The van der Waals surface area contributed by atoms with Crippen molar-refractivity contribution in [3.8, 4) is 45.3 Å². The predicted octanol–water partition coefficient (Wildman–Crippen LogP) is 13.3. The van der Waals surface area contributed by atoms with Crippen LogP contribution in [0.3, 0.4) is 0 Å². The highest BCUT2D eigenvalue weighted by Gasteiger charge is 2.23. The van der Waals surface area contributed by atoms with Crippen molar-refractivity contribution >= 4 is 75.9 Å². The quantitative estimate of drug-likeness (QED) is 0.183. The molecule has 2 aliphatic rings. The lowest BCUT2D eigenvalue weighted by atomic mass is 9.80. The molecule has 0 amide bonds. The van der Waals surface area contributed by atoms with Gasteiger partial charge in [-0.25, -0.2) is 15.0 Å². The van der Waals surface area contributed by atoms with Gasteiger partial charge in [0.1, 0.15) is 11.2 Å². The molecular weight excluding hydrogens is 679 g/mol. The third kappa shape index (κ3) is 4.46. The molecule has 0 unspecified atom stereocenters. The normalized spacial score (nSPS) is 13.4. The zero-order valence-electron chi connectivity index (χ0n) is 29.0. The van der Waals surface area contributed by atoms with E-state index in [0.717, 1.165) is 57.0 Å². The van der Waals surface area contributed by atoms with Crippen molar-refractivity contribution < 1.29 is 4.42 Å². The second-order valence-corrected chi connectivity index (χ2v) is 15.3. The van der Waals surface area contributed by atoms with Gasteiger partial charge in [-0.1, -0.05) is 109 Å². The van der Waals surface area contributed by atoms with Gasteiger partial charge in [0.2, 0.25) is 0 Å². The molecule has 4 nitrogen and oxygen atoms in total. The molecule has 7 aromatic carbocycles. The maximum atomic E-state index is 6.53. The van der Waals surface area contributed by atoms with Crippen LogP contribution in [0.2, 0.25) is 0 Å². The molecule has 0 saturated heterocycles. The molecule has 3 aromatic heterocycles. The molecule has 2 aliphatic carbocycles. The fourth-order valence-electron chi connectivity index (χ4n) is 8.66. The number of hydrogen-bond acceptors (Lipinski definition) is 5. The van der Waals surface area contributed by atoms with E-state index in [2.05, 4.69) is 121 Å². The predicted molar refractivity (Wildman–Crippen MR) is 225 cm³/mol. The average Bonchev–Trinajstić information content (AvgIpc) is 3.81. The summed E-state index contributed by atoms with van der Waals surface area (Å²) in [7, 11) is 0. The van der Waals surface area contributed by atoms with Gasteiger partial charge in [0.25, 0.3) is 0 Å². The Kier molecular flexibility index (Phi) is 6.30. The van der Waals surface area contributed by atoms with Crippen LogP contribution in [-0.2, 0) is 6.42 Å². The smallest absolute Gasteiger partial charge is 0.164 e.